The molecule has 1 aromatic heterocycles. The molecule has 2 aromatic rings. The number of imidazole rings is 1. The molecule has 2 rings (SSSR count). The Balaban J connectivity index is 2.88. The van der Waals surface area contributed by atoms with Crippen LogP contribution in [0.5, 0.6) is 0 Å². The standard InChI is InChI=1S/C10H10BrFN2S/c1-5(2)14-9-3-6(11)7(12)4-8(9)13-10(14)15/h3-5H,1-2H3,(H,13,15). The summed E-state index contributed by atoms with van der Waals surface area (Å²) in [5, 5.41) is 0. The first-order valence-electron chi connectivity index (χ1n) is 4.60. The minimum Gasteiger partial charge on any atom is -0.330 e. The van der Waals surface area contributed by atoms with Crippen molar-refractivity contribution in [3.8, 4) is 0 Å². The van der Waals surface area contributed by atoms with Crippen molar-refractivity contribution in [3.05, 3.63) is 27.2 Å². The molecule has 0 bridgehead atoms. The molecule has 0 unspecified atom stereocenters. The smallest absolute Gasteiger partial charge is 0.178 e. The van der Waals surface area contributed by atoms with Crippen molar-refractivity contribution in [2.45, 2.75) is 19.9 Å². The van der Waals surface area contributed by atoms with Crippen molar-refractivity contribution in [2.75, 3.05) is 0 Å². The molecule has 0 aliphatic carbocycles. The van der Waals surface area contributed by atoms with Gasteiger partial charge >= 0.3 is 0 Å². The van der Waals surface area contributed by atoms with E-state index in [1.807, 2.05) is 18.4 Å². The van der Waals surface area contributed by atoms with Crippen LogP contribution < -0.4 is 0 Å². The predicted octanol–water partition coefficient (Wildman–Crippen LogP) is 4.18. The zero-order chi connectivity index (χ0) is 11.2. The lowest BCUT2D eigenvalue weighted by Gasteiger charge is -2.08. The Morgan fingerprint density at radius 3 is 2.73 bits per heavy atom. The van der Waals surface area contributed by atoms with Gasteiger partial charge in [0.1, 0.15) is 5.82 Å². The Kier molecular flexibility index (Phi) is 2.68. The third kappa shape index (κ3) is 1.74. The van der Waals surface area contributed by atoms with Gasteiger partial charge in [-0.1, -0.05) is 0 Å². The van der Waals surface area contributed by atoms with E-state index in [0.29, 0.717) is 9.24 Å². The highest BCUT2D eigenvalue weighted by Crippen LogP contribution is 2.25. The number of rotatable bonds is 1. The Bertz CT molecular complexity index is 571. The fourth-order valence-electron chi connectivity index (χ4n) is 1.63. The van der Waals surface area contributed by atoms with E-state index in [4.69, 9.17) is 12.2 Å². The van der Waals surface area contributed by atoms with Crippen LogP contribution >= 0.6 is 28.1 Å². The van der Waals surface area contributed by atoms with Crippen LogP contribution in [0.2, 0.25) is 0 Å². The number of hydrogen-bond donors (Lipinski definition) is 1. The van der Waals surface area contributed by atoms with Crippen LogP contribution in [0.3, 0.4) is 0 Å². The molecule has 80 valence electrons. The second-order valence-corrected chi connectivity index (χ2v) is 4.92. The highest BCUT2D eigenvalue weighted by atomic mass is 79.9. The molecule has 0 aliphatic heterocycles. The second-order valence-electron chi connectivity index (χ2n) is 3.68. The molecule has 15 heavy (non-hydrogen) atoms. The summed E-state index contributed by atoms with van der Waals surface area (Å²) in [6.45, 7) is 4.08. The van der Waals surface area contributed by atoms with Gasteiger partial charge in [0, 0.05) is 12.1 Å². The predicted molar refractivity (Wildman–Crippen MR) is 65.2 cm³/mol. The SMILES string of the molecule is CC(C)n1c(=S)[nH]c2cc(F)c(Br)cc21. The lowest BCUT2D eigenvalue weighted by atomic mass is 10.3. The van der Waals surface area contributed by atoms with Gasteiger partial charge in [0.05, 0.1) is 15.5 Å². The first-order chi connectivity index (χ1) is 7.00. The molecule has 1 N–H and O–H groups in total. The molecule has 0 radical (unpaired) electrons. The van der Waals surface area contributed by atoms with Crippen LogP contribution in [-0.4, -0.2) is 9.55 Å². The highest BCUT2D eigenvalue weighted by molar-refractivity contribution is 9.10. The van der Waals surface area contributed by atoms with Gasteiger partial charge in [-0.3, -0.25) is 0 Å². The van der Waals surface area contributed by atoms with Crippen molar-refractivity contribution < 1.29 is 4.39 Å². The van der Waals surface area contributed by atoms with Gasteiger partial charge in [0.25, 0.3) is 0 Å². The molecule has 0 aliphatic rings. The Hall–Kier alpha value is -0.680. The zero-order valence-corrected chi connectivity index (χ0v) is 10.7. The Labute approximate surface area is 100 Å². The van der Waals surface area contributed by atoms with Crippen molar-refractivity contribution in [1.29, 1.82) is 0 Å². The first kappa shape index (κ1) is 10.8. The van der Waals surface area contributed by atoms with Crippen molar-refractivity contribution in [2.24, 2.45) is 0 Å². The quantitative estimate of drug-likeness (QED) is 0.781. The summed E-state index contributed by atoms with van der Waals surface area (Å²) < 4.78 is 16.3. The summed E-state index contributed by atoms with van der Waals surface area (Å²) in [5.41, 5.74) is 1.65. The summed E-state index contributed by atoms with van der Waals surface area (Å²) in [6.07, 6.45) is 0. The number of nitrogens with zero attached hydrogens (tertiary/aromatic N) is 1. The Morgan fingerprint density at radius 1 is 1.47 bits per heavy atom. The van der Waals surface area contributed by atoms with Gasteiger partial charge < -0.3 is 9.55 Å². The summed E-state index contributed by atoms with van der Waals surface area (Å²) >= 11 is 8.36. The van der Waals surface area contributed by atoms with E-state index in [1.165, 1.54) is 6.07 Å². The summed E-state index contributed by atoms with van der Waals surface area (Å²) in [7, 11) is 0. The average Bonchev–Trinajstić information content (AvgIpc) is 2.41. The highest BCUT2D eigenvalue weighted by Gasteiger charge is 2.10. The van der Waals surface area contributed by atoms with Crippen molar-refractivity contribution in [1.82, 2.24) is 9.55 Å². The van der Waals surface area contributed by atoms with E-state index < -0.39 is 0 Å². The molecule has 0 saturated heterocycles. The van der Waals surface area contributed by atoms with Crippen molar-refractivity contribution >= 4 is 39.2 Å². The summed E-state index contributed by atoms with van der Waals surface area (Å²) in [5.74, 6) is -0.283. The van der Waals surface area contributed by atoms with Crippen molar-refractivity contribution in [3.63, 3.8) is 0 Å². The molecule has 1 aromatic carbocycles. The van der Waals surface area contributed by atoms with Crippen LogP contribution in [-0.2, 0) is 0 Å². The molecule has 2 nitrogen and oxygen atoms in total. The second kappa shape index (κ2) is 3.72. The number of benzene rings is 1. The number of aromatic nitrogens is 2. The van der Waals surface area contributed by atoms with Gasteiger partial charge in [0.2, 0.25) is 0 Å². The van der Waals surface area contributed by atoms with E-state index in [-0.39, 0.29) is 11.9 Å². The normalized spacial score (nSPS) is 11.5. The van der Waals surface area contributed by atoms with Crippen LogP contribution in [0.1, 0.15) is 19.9 Å². The molecular weight excluding hydrogens is 279 g/mol. The topological polar surface area (TPSA) is 20.7 Å². The first-order valence-corrected chi connectivity index (χ1v) is 5.80. The number of halogens is 2. The number of nitrogens with one attached hydrogen (secondary N) is 1. The van der Waals surface area contributed by atoms with Gasteiger partial charge in [-0.2, -0.15) is 0 Å². The fraction of sp³-hybridized carbons (Fsp3) is 0.300. The molecular formula is C10H10BrFN2S. The lowest BCUT2D eigenvalue weighted by molar-refractivity contribution is 0.607. The van der Waals surface area contributed by atoms with Crippen LogP contribution in [0.25, 0.3) is 11.0 Å². The van der Waals surface area contributed by atoms with E-state index >= 15 is 0 Å². The van der Waals surface area contributed by atoms with Crippen LogP contribution in [0.15, 0.2) is 16.6 Å². The zero-order valence-electron chi connectivity index (χ0n) is 8.34. The van der Waals surface area contributed by atoms with Gasteiger partial charge in [-0.25, -0.2) is 4.39 Å². The number of aromatic amines is 1. The van der Waals surface area contributed by atoms with Crippen LogP contribution in [0.4, 0.5) is 4.39 Å². The molecule has 0 atom stereocenters. The third-order valence-electron chi connectivity index (χ3n) is 2.27. The van der Waals surface area contributed by atoms with Gasteiger partial charge in [0.15, 0.2) is 4.77 Å². The molecule has 1 heterocycles. The summed E-state index contributed by atoms with van der Waals surface area (Å²) in [6, 6.07) is 3.45. The third-order valence-corrected chi connectivity index (χ3v) is 3.18. The average molecular weight is 289 g/mol. The fourth-order valence-corrected chi connectivity index (χ4v) is 2.38. The number of fused-ring (bicyclic) bond motifs is 1. The molecule has 0 amide bonds. The van der Waals surface area contributed by atoms with Gasteiger partial charge in [-0.15, -0.1) is 0 Å². The number of H-pyrrole nitrogens is 1. The molecule has 0 saturated carbocycles. The minimum atomic E-state index is -0.283. The molecule has 5 heteroatoms. The maximum Gasteiger partial charge on any atom is 0.178 e. The largest absolute Gasteiger partial charge is 0.330 e. The monoisotopic (exact) mass is 288 g/mol. The molecule has 0 fully saturated rings. The Morgan fingerprint density at radius 2 is 2.13 bits per heavy atom. The number of hydrogen-bond acceptors (Lipinski definition) is 1. The van der Waals surface area contributed by atoms with E-state index in [1.54, 1.807) is 6.07 Å². The maximum absolute atomic E-state index is 13.3. The summed E-state index contributed by atoms with van der Waals surface area (Å²) in [4.78, 5) is 2.99. The van der Waals surface area contributed by atoms with E-state index in [9.17, 15) is 4.39 Å². The lowest BCUT2D eigenvalue weighted by Crippen LogP contribution is -2.00. The molecule has 0 spiro atoms. The van der Waals surface area contributed by atoms with E-state index in [0.717, 1.165) is 11.0 Å². The van der Waals surface area contributed by atoms with E-state index in [2.05, 4.69) is 20.9 Å². The minimum absolute atomic E-state index is 0.253. The van der Waals surface area contributed by atoms with Gasteiger partial charge in [-0.05, 0) is 48.1 Å². The maximum atomic E-state index is 13.3. The van der Waals surface area contributed by atoms with Crippen LogP contribution in [0, 0.1) is 10.6 Å².